The summed E-state index contributed by atoms with van der Waals surface area (Å²) in [6.07, 6.45) is 6.56. The summed E-state index contributed by atoms with van der Waals surface area (Å²) in [5, 5.41) is 14.1. The second-order valence-electron chi connectivity index (χ2n) is 6.22. The number of carbonyl (C=O) groups is 1. The summed E-state index contributed by atoms with van der Waals surface area (Å²) in [5.41, 5.74) is 2.51. The Morgan fingerprint density at radius 3 is 2.52 bits per heavy atom. The van der Waals surface area contributed by atoms with Crippen LogP contribution in [0.5, 0.6) is 0 Å². The van der Waals surface area contributed by atoms with Gasteiger partial charge < -0.3 is 10.2 Å². The van der Waals surface area contributed by atoms with E-state index in [0.29, 0.717) is 11.1 Å². The molecule has 0 saturated carbocycles. The zero-order chi connectivity index (χ0) is 19.1. The van der Waals surface area contributed by atoms with Crippen molar-refractivity contribution in [1.29, 1.82) is 0 Å². The van der Waals surface area contributed by atoms with Crippen molar-refractivity contribution in [3.8, 4) is 0 Å². The Labute approximate surface area is 158 Å². The fourth-order valence-electron chi connectivity index (χ4n) is 2.91. The first-order valence-electron chi connectivity index (χ1n) is 8.83. The lowest BCUT2D eigenvalue weighted by Crippen LogP contribution is -2.43. The average Bonchev–Trinajstić information content (AvgIpc) is 2.72. The van der Waals surface area contributed by atoms with Crippen molar-refractivity contribution in [3.05, 3.63) is 88.0 Å². The number of nitrogens with one attached hydrogen (secondary N) is 1. The van der Waals surface area contributed by atoms with E-state index in [1.807, 2.05) is 24.3 Å². The zero-order valence-corrected chi connectivity index (χ0v) is 14.9. The molecule has 1 aliphatic rings. The number of carbonyl (C=O) groups excluding carboxylic acids is 1. The van der Waals surface area contributed by atoms with Gasteiger partial charge in [-0.2, -0.15) is 0 Å². The number of ketones is 1. The molecule has 6 nitrogen and oxygen atoms in total. The first-order chi connectivity index (χ1) is 13.1. The van der Waals surface area contributed by atoms with Crippen LogP contribution in [0.4, 0.5) is 11.4 Å². The predicted octanol–water partition coefficient (Wildman–Crippen LogP) is 3.46. The van der Waals surface area contributed by atoms with E-state index >= 15 is 0 Å². The molecule has 0 spiro atoms. The van der Waals surface area contributed by atoms with E-state index in [1.54, 1.807) is 30.4 Å². The van der Waals surface area contributed by atoms with Crippen molar-refractivity contribution in [3.63, 3.8) is 0 Å². The van der Waals surface area contributed by atoms with Crippen LogP contribution in [0.3, 0.4) is 0 Å². The van der Waals surface area contributed by atoms with Crippen molar-refractivity contribution in [2.24, 2.45) is 0 Å². The summed E-state index contributed by atoms with van der Waals surface area (Å²) in [5.74, 6) is -0.0782. The van der Waals surface area contributed by atoms with Gasteiger partial charge in [0, 0.05) is 49.6 Å². The molecule has 27 heavy (non-hydrogen) atoms. The average molecular weight is 363 g/mol. The van der Waals surface area contributed by atoms with Crippen molar-refractivity contribution < 1.29 is 9.72 Å². The molecule has 2 aromatic rings. The number of nitro benzene ring substituents is 1. The van der Waals surface area contributed by atoms with Crippen LogP contribution >= 0.6 is 0 Å². The van der Waals surface area contributed by atoms with Gasteiger partial charge in [0.1, 0.15) is 0 Å². The fourth-order valence-corrected chi connectivity index (χ4v) is 2.91. The number of nitrogens with zero attached hydrogens (tertiary/aromatic N) is 2. The number of piperazine rings is 1. The van der Waals surface area contributed by atoms with Crippen LogP contribution in [-0.2, 0) is 0 Å². The lowest BCUT2D eigenvalue weighted by molar-refractivity contribution is -0.384. The molecule has 1 heterocycles. The lowest BCUT2D eigenvalue weighted by atomic mass is 10.1. The van der Waals surface area contributed by atoms with Crippen LogP contribution < -0.4 is 10.2 Å². The van der Waals surface area contributed by atoms with Crippen LogP contribution in [0.1, 0.15) is 15.9 Å². The third-order valence-electron chi connectivity index (χ3n) is 4.36. The van der Waals surface area contributed by atoms with Crippen LogP contribution in [0.2, 0.25) is 0 Å². The normalized spacial score (nSPS) is 14.7. The smallest absolute Gasteiger partial charge is 0.270 e. The molecule has 0 aliphatic carbocycles. The van der Waals surface area contributed by atoms with Crippen LogP contribution in [0.25, 0.3) is 6.08 Å². The third-order valence-corrected chi connectivity index (χ3v) is 4.36. The second-order valence-corrected chi connectivity index (χ2v) is 6.22. The predicted molar refractivity (Wildman–Crippen MR) is 107 cm³/mol. The molecule has 0 atom stereocenters. The maximum absolute atomic E-state index is 12.3. The molecule has 0 amide bonds. The van der Waals surface area contributed by atoms with Crippen LogP contribution in [0, 0.1) is 10.1 Å². The van der Waals surface area contributed by atoms with Crippen molar-refractivity contribution in [2.75, 3.05) is 31.1 Å². The van der Waals surface area contributed by atoms with Gasteiger partial charge in [-0.1, -0.05) is 30.4 Å². The highest BCUT2D eigenvalue weighted by Gasteiger charge is 2.10. The van der Waals surface area contributed by atoms with E-state index in [0.717, 1.165) is 31.9 Å². The van der Waals surface area contributed by atoms with Gasteiger partial charge in [0.2, 0.25) is 0 Å². The Kier molecular flexibility index (Phi) is 6.12. The third kappa shape index (κ3) is 5.12. The van der Waals surface area contributed by atoms with Gasteiger partial charge in [-0.05, 0) is 35.9 Å². The topological polar surface area (TPSA) is 75.5 Å². The van der Waals surface area contributed by atoms with Gasteiger partial charge >= 0.3 is 0 Å². The van der Waals surface area contributed by atoms with E-state index in [2.05, 4.69) is 10.2 Å². The van der Waals surface area contributed by atoms with Gasteiger partial charge in [0.15, 0.2) is 5.78 Å². The first kappa shape index (κ1) is 18.5. The molecule has 0 radical (unpaired) electrons. The summed E-state index contributed by atoms with van der Waals surface area (Å²) in [6.45, 7) is 3.88. The maximum atomic E-state index is 12.3. The van der Waals surface area contributed by atoms with Gasteiger partial charge in [-0.3, -0.25) is 14.9 Å². The molecule has 2 aromatic carbocycles. The minimum absolute atomic E-state index is 0.0433. The van der Waals surface area contributed by atoms with Gasteiger partial charge in [-0.25, -0.2) is 0 Å². The summed E-state index contributed by atoms with van der Waals surface area (Å²) in [7, 11) is 0. The van der Waals surface area contributed by atoms with Gasteiger partial charge in [0.25, 0.3) is 5.69 Å². The summed E-state index contributed by atoms with van der Waals surface area (Å²) in [4.78, 5) is 24.9. The van der Waals surface area contributed by atoms with E-state index in [-0.39, 0.29) is 11.5 Å². The van der Waals surface area contributed by atoms with Crippen molar-refractivity contribution in [2.45, 2.75) is 0 Å². The summed E-state index contributed by atoms with van der Waals surface area (Å²) in [6, 6.07) is 14.0. The Bertz CT molecular complexity index is 866. The minimum Gasteiger partial charge on any atom is -0.369 e. The van der Waals surface area contributed by atoms with Crippen molar-refractivity contribution >= 4 is 23.2 Å². The van der Waals surface area contributed by atoms with Crippen LogP contribution in [-0.4, -0.2) is 36.9 Å². The number of rotatable bonds is 6. The molecule has 1 aliphatic heterocycles. The molecular formula is C21H21N3O3. The van der Waals surface area contributed by atoms with Crippen molar-refractivity contribution in [1.82, 2.24) is 5.32 Å². The SMILES string of the molecule is O=C(/C=C/C=C/c1cccc([N+](=O)[O-])c1)c1ccc(N2CCNCC2)cc1. The molecule has 0 bridgehead atoms. The minimum atomic E-state index is -0.430. The molecule has 3 rings (SSSR count). The number of allylic oxidation sites excluding steroid dienone is 3. The molecule has 0 aromatic heterocycles. The van der Waals surface area contributed by atoms with Gasteiger partial charge in [-0.15, -0.1) is 0 Å². The van der Waals surface area contributed by atoms with Crippen LogP contribution in [0.15, 0.2) is 66.8 Å². The number of hydrogen-bond acceptors (Lipinski definition) is 5. The molecule has 1 saturated heterocycles. The zero-order valence-electron chi connectivity index (χ0n) is 14.9. The van der Waals surface area contributed by atoms with E-state index in [1.165, 1.54) is 18.2 Å². The molecule has 1 N–H and O–H groups in total. The summed E-state index contributed by atoms with van der Waals surface area (Å²) >= 11 is 0. The second kappa shape index (κ2) is 8.91. The Hall–Kier alpha value is -3.25. The highest BCUT2D eigenvalue weighted by atomic mass is 16.6. The van der Waals surface area contributed by atoms with E-state index in [9.17, 15) is 14.9 Å². The highest BCUT2D eigenvalue weighted by Crippen LogP contribution is 2.17. The number of nitro groups is 1. The maximum Gasteiger partial charge on any atom is 0.270 e. The lowest BCUT2D eigenvalue weighted by Gasteiger charge is -2.29. The van der Waals surface area contributed by atoms with E-state index < -0.39 is 4.92 Å². The first-order valence-corrected chi connectivity index (χ1v) is 8.83. The standard InChI is InChI=1S/C21H21N3O3/c25-21(7-2-1-4-17-5-3-6-20(16-17)24(26)27)18-8-10-19(11-9-18)23-14-12-22-13-15-23/h1-11,16,22H,12-15H2/b4-1+,7-2+. The Balaban J connectivity index is 1.59. The molecule has 1 fully saturated rings. The number of anilines is 1. The highest BCUT2D eigenvalue weighted by molar-refractivity contribution is 6.04. The molecule has 6 heteroatoms. The summed E-state index contributed by atoms with van der Waals surface area (Å²) < 4.78 is 0. The fraction of sp³-hybridized carbons (Fsp3) is 0.190. The van der Waals surface area contributed by atoms with E-state index in [4.69, 9.17) is 0 Å². The van der Waals surface area contributed by atoms with Gasteiger partial charge in [0.05, 0.1) is 4.92 Å². The number of hydrogen-bond donors (Lipinski definition) is 1. The number of non-ortho nitro benzene ring substituents is 1. The largest absolute Gasteiger partial charge is 0.369 e. The quantitative estimate of drug-likeness (QED) is 0.280. The molecule has 0 unspecified atom stereocenters. The number of benzene rings is 2. The Morgan fingerprint density at radius 1 is 1.07 bits per heavy atom. The molecule has 138 valence electrons. The molecular weight excluding hydrogens is 342 g/mol. The monoisotopic (exact) mass is 363 g/mol. The Morgan fingerprint density at radius 2 is 1.81 bits per heavy atom.